The highest BCUT2D eigenvalue weighted by atomic mass is 16.2. The smallest absolute Gasteiger partial charge is 0.297 e. The lowest BCUT2D eigenvalue weighted by Gasteiger charge is -2.30. The van der Waals surface area contributed by atoms with Gasteiger partial charge in [-0.2, -0.15) is 0 Å². The van der Waals surface area contributed by atoms with Gasteiger partial charge in [0.2, 0.25) is 5.82 Å². The van der Waals surface area contributed by atoms with Crippen molar-refractivity contribution in [1.29, 1.82) is 0 Å². The van der Waals surface area contributed by atoms with E-state index in [1.807, 2.05) is 24.0 Å². The topological polar surface area (TPSA) is 61.9 Å². The number of aromatic nitrogens is 3. The number of amides is 1. The van der Waals surface area contributed by atoms with Gasteiger partial charge in [-0.05, 0) is 37.3 Å². The van der Waals surface area contributed by atoms with Crippen LogP contribution in [0.25, 0.3) is 0 Å². The number of aromatic amines is 1. The third-order valence-electron chi connectivity index (χ3n) is 3.87. The summed E-state index contributed by atoms with van der Waals surface area (Å²) in [6.45, 7) is 4.85. The Morgan fingerprint density at radius 2 is 2.29 bits per heavy atom. The van der Waals surface area contributed by atoms with E-state index in [1.165, 1.54) is 5.56 Å². The molecule has 5 nitrogen and oxygen atoms in total. The lowest BCUT2D eigenvalue weighted by atomic mass is 9.98. The molecule has 1 N–H and O–H groups in total. The van der Waals surface area contributed by atoms with Crippen molar-refractivity contribution in [2.24, 2.45) is 0 Å². The molecule has 0 unspecified atom stereocenters. The lowest BCUT2D eigenvalue weighted by Crippen LogP contribution is -2.36. The summed E-state index contributed by atoms with van der Waals surface area (Å²) in [7, 11) is 0. The Labute approximate surface area is 124 Å². The first-order valence-electron chi connectivity index (χ1n) is 7.52. The van der Waals surface area contributed by atoms with Crippen LogP contribution < -0.4 is 4.90 Å². The molecule has 1 aromatic heterocycles. The van der Waals surface area contributed by atoms with Crippen LogP contribution in [-0.4, -0.2) is 27.6 Å². The number of benzene rings is 1. The minimum atomic E-state index is -0.108. The molecule has 21 heavy (non-hydrogen) atoms. The van der Waals surface area contributed by atoms with Crippen molar-refractivity contribution < 1.29 is 4.79 Å². The van der Waals surface area contributed by atoms with E-state index in [0.717, 1.165) is 49.3 Å². The van der Waals surface area contributed by atoms with Crippen LogP contribution in [0.5, 0.6) is 0 Å². The van der Waals surface area contributed by atoms with Gasteiger partial charge in [0.25, 0.3) is 5.91 Å². The van der Waals surface area contributed by atoms with Crippen molar-refractivity contribution in [3.05, 3.63) is 41.0 Å². The van der Waals surface area contributed by atoms with Crippen molar-refractivity contribution in [1.82, 2.24) is 15.2 Å². The zero-order valence-electron chi connectivity index (χ0n) is 12.5. The van der Waals surface area contributed by atoms with E-state index in [-0.39, 0.29) is 11.7 Å². The summed E-state index contributed by atoms with van der Waals surface area (Å²) in [4.78, 5) is 18.9. The number of carbonyl (C=O) groups is 1. The predicted molar refractivity (Wildman–Crippen MR) is 81.6 cm³/mol. The lowest BCUT2D eigenvalue weighted by molar-refractivity contribution is 0.0975. The van der Waals surface area contributed by atoms with E-state index in [0.29, 0.717) is 0 Å². The molecule has 0 aliphatic carbocycles. The number of rotatable bonds is 3. The number of hydrogen-bond donors (Lipinski definition) is 1. The van der Waals surface area contributed by atoms with Crippen LogP contribution >= 0.6 is 0 Å². The number of fused-ring (bicyclic) bond motifs is 1. The summed E-state index contributed by atoms with van der Waals surface area (Å²) in [6.07, 6.45) is 3.80. The third-order valence-corrected chi connectivity index (χ3v) is 3.87. The first-order chi connectivity index (χ1) is 10.2. The molecule has 1 aromatic carbocycles. The summed E-state index contributed by atoms with van der Waals surface area (Å²) >= 11 is 0. The molecule has 110 valence electrons. The van der Waals surface area contributed by atoms with Gasteiger partial charge in [0.1, 0.15) is 5.82 Å². The van der Waals surface area contributed by atoms with Crippen LogP contribution in [0.2, 0.25) is 0 Å². The Balaban J connectivity index is 1.92. The molecule has 3 rings (SSSR count). The van der Waals surface area contributed by atoms with Crippen molar-refractivity contribution >= 4 is 11.6 Å². The van der Waals surface area contributed by atoms with E-state index < -0.39 is 0 Å². The maximum absolute atomic E-state index is 12.7. The van der Waals surface area contributed by atoms with Gasteiger partial charge in [0.05, 0.1) is 5.69 Å². The van der Waals surface area contributed by atoms with E-state index in [4.69, 9.17) is 0 Å². The molecule has 1 amide bonds. The zero-order chi connectivity index (χ0) is 14.8. The molecule has 5 heteroatoms. The predicted octanol–water partition coefficient (Wildman–Crippen LogP) is 2.66. The minimum Gasteiger partial charge on any atom is -0.305 e. The van der Waals surface area contributed by atoms with Crippen LogP contribution in [0.15, 0.2) is 18.2 Å². The maximum Gasteiger partial charge on any atom is 0.297 e. The first-order valence-corrected chi connectivity index (χ1v) is 7.52. The average Bonchev–Trinajstić information content (AvgIpc) is 2.95. The molecule has 0 bridgehead atoms. The van der Waals surface area contributed by atoms with Crippen LogP contribution in [0, 0.1) is 6.92 Å². The van der Waals surface area contributed by atoms with Crippen LogP contribution in [-0.2, 0) is 12.8 Å². The Morgan fingerprint density at radius 1 is 1.43 bits per heavy atom. The molecule has 1 aliphatic rings. The number of aryl methyl sites for hydroxylation is 3. The van der Waals surface area contributed by atoms with Gasteiger partial charge < -0.3 is 4.90 Å². The molecule has 2 aromatic rings. The minimum absolute atomic E-state index is 0.108. The first kappa shape index (κ1) is 13.8. The number of anilines is 1. The maximum atomic E-state index is 12.7. The quantitative estimate of drug-likeness (QED) is 0.942. The van der Waals surface area contributed by atoms with Gasteiger partial charge >= 0.3 is 0 Å². The molecular formula is C16H20N4O. The van der Waals surface area contributed by atoms with Crippen LogP contribution in [0.1, 0.15) is 47.3 Å². The van der Waals surface area contributed by atoms with Gasteiger partial charge in [-0.3, -0.25) is 9.89 Å². The Kier molecular flexibility index (Phi) is 3.73. The second-order valence-corrected chi connectivity index (χ2v) is 5.50. The fourth-order valence-corrected chi connectivity index (χ4v) is 2.91. The average molecular weight is 284 g/mol. The fourth-order valence-electron chi connectivity index (χ4n) is 2.91. The molecule has 0 radical (unpaired) electrons. The highest BCUT2D eigenvalue weighted by Crippen LogP contribution is 2.31. The van der Waals surface area contributed by atoms with Gasteiger partial charge in [-0.25, -0.2) is 4.98 Å². The largest absolute Gasteiger partial charge is 0.305 e. The number of carbonyl (C=O) groups excluding carboxylic acids is 1. The Morgan fingerprint density at radius 3 is 3.10 bits per heavy atom. The summed E-state index contributed by atoms with van der Waals surface area (Å²) in [5, 5.41) is 6.94. The van der Waals surface area contributed by atoms with E-state index >= 15 is 0 Å². The third kappa shape index (κ3) is 2.55. The van der Waals surface area contributed by atoms with E-state index in [9.17, 15) is 4.79 Å². The molecular weight excluding hydrogens is 264 g/mol. The van der Waals surface area contributed by atoms with Gasteiger partial charge in [0, 0.05) is 13.0 Å². The molecule has 0 saturated carbocycles. The fraction of sp³-hybridized carbons (Fsp3) is 0.438. The summed E-state index contributed by atoms with van der Waals surface area (Å²) in [6, 6.07) is 6.20. The zero-order valence-corrected chi connectivity index (χ0v) is 12.5. The monoisotopic (exact) mass is 284 g/mol. The molecule has 0 spiro atoms. The molecule has 1 aliphatic heterocycles. The number of nitrogens with zero attached hydrogens (tertiary/aromatic N) is 3. The highest BCUT2D eigenvalue weighted by molar-refractivity contribution is 6.04. The van der Waals surface area contributed by atoms with Crippen molar-refractivity contribution in [3.63, 3.8) is 0 Å². The van der Waals surface area contributed by atoms with Crippen molar-refractivity contribution in [2.75, 3.05) is 11.4 Å². The summed E-state index contributed by atoms with van der Waals surface area (Å²) in [5.74, 6) is 0.946. The van der Waals surface area contributed by atoms with Crippen LogP contribution in [0.3, 0.4) is 0 Å². The normalized spacial score (nSPS) is 14.1. The second-order valence-electron chi connectivity index (χ2n) is 5.50. The molecule has 0 fully saturated rings. The Hall–Kier alpha value is -2.17. The second kappa shape index (κ2) is 5.68. The summed E-state index contributed by atoms with van der Waals surface area (Å²) < 4.78 is 0. The number of hydrogen-bond acceptors (Lipinski definition) is 3. The number of para-hydroxylation sites is 1. The van der Waals surface area contributed by atoms with Gasteiger partial charge in [-0.1, -0.05) is 25.1 Å². The number of H-pyrrole nitrogens is 1. The molecule has 0 saturated heterocycles. The van der Waals surface area contributed by atoms with Crippen molar-refractivity contribution in [2.45, 2.75) is 39.5 Å². The molecule has 0 atom stereocenters. The highest BCUT2D eigenvalue weighted by Gasteiger charge is 2.27. The van der Waals surface area contributed by atoms with Crippen molar-refractivity contribution in [3.8, 4) is 0 Å². The number of nitrogens with one attached hydrogen (secondary N) is 1. The SMILES string of the molecule is CCCc1nc(C(=O)N2CCCc3cccc(C)c32)n[nH]1. The van der Waals surface area contributed by atoms with E-state index in [2.05, 4.69) is 28.2 Å². The van der Waals surface area contributed by atoms with E-state index in [1.54, 1.807) is 0 Å². The van der Waals surface area contributed by atoms with Gasteiger partial charge in [-0.15, -0.1) is 5.10 Å². The molecule has 2 heterocycles. The standard InChI is InChI=1S/C16H20N4O/c1-3-6-13-17-15(19-18-13)16(21)20-10-5-9-12-8-4-7-11(2)14(12)20/h4,7-8H,3,5-6,9-10H2,1-2H3,(H,17,18,19). The van der Waals surface area contributed by atoms with Gasteiger partial charge in [0.15, 0.2) is 0 Å². The Bertz CT molecular complexity index is 662. The summed E-state index contributed by atoms with van der Waals surface area (Å²) in [5.41, 5.74) is 3.40. The van der Waals surface area contributed by atoms with Crippen LogP contribution in [0.4, 0.5) is 5.69 Å².